The van der Waals surface area contributed by atoms with E-state index in [2.05, 4.69) is 27.2 Å². The van der Waals surface area contributed by atoms with Gasteiger partial charge in [0.15, 0.2) is 0 Å². The first-order valence-electron chi connectivity index (χ1n) is 6.46. The number of nitrogens with one attached hydrogen (secondary N) is 1. The van der Waals surface area contributed by atoms with Gasteiger partial charge in [-0.15, -0.1) is 6.42 Å². The summed E-state index contributed by atoms with van der Waals surface area (Å²) in [5, 5.41) is 3.35. The van der Waals surface area contributed by atoms with Crippen LogP contribution in [-0.4, -0.2) is 13.7 Å². The molecule has 4 heteroatoms. The second kappa shape index (κ2) is 7.61. The van der Waals surface area contributed by atoms with Gasteiger partial charge < -0.3 is 14.8 Å². The molecule has 0 unspecified atom stereocenters. The molecule has 0 saturated carbocycles. The van der Waals surface area contributed by atoms with Crippen molar-refractivity contribution in [2.45, 2.75) is 6.54 Å². The molecule has 1 N–H and O–H groups in total. The first-order valence-corrected chi connectivity index (χ1v) is 7.25. The van der Waals surface area contributed by atoms with Crippen LogP contribution in [0.5, 0.6) is 11.5 Å². The summed E-state index contributed by atoms with van der Waals surface area (Å²) in [6.07, 6.45) is 5.24. The number of rotatable bonds is 6. The van der Waals surface area contributed by atoms with Crippen molar-refractivity contribution in [3.05, 3.63) is 52.5 Å². The van der Waals surface area contributed by atoms with Crippen molar-refractivity contribution in [3.63, 3.8) is 0 Å². The van der Waals surface area contributed by atoms with E-state index in [1.54, 1.807) is 7.11 Å². The molecule has 0 aliphatic heterocycles. The minimum atomic E-state index is 0.253. The molecule has 0 atom stereocenters. The highest BCUT2D eigenvalue weighted by molar-refractivity contribution is 9.10. The Morgan fingerprint density at radius 3 is 2.76 bits per heavy atom. The Balaban J connectivity index is 2.15. The summed E-state index contributed by atoms with van der Waals surface area (Å²) in [6.45, 7) is 0.864. The molecule has 108 valence electrons. The van der Waals surface area contributed by atoms with E-state index in [1.165, 1.54) is 0 Å². The van der Waals surface area contributed by atoms with E-state index >= 15 is 0 Å². The largest absolute Gasteiger partial charge is 0.495 e. The van der Waals surface area contributed by atoms with Crippen LogP contribution in [-0.2, 0) is 6.54 Å². The zero-order valence-corrected chi connectivity index (χ0v) is 13.3. The summed E-state index contributed by atoms with van der Waals surface area (Å²) in [6, 6.07) is 13.6. The van der Waals surface area contributed by atoms with Gasteiger partial charge in [-0.05, 0) is 30.3 Å². The van der Waals surface area contributed by atoms with Gasteiger partial charge >= 0.3 is 0 Å². The van der Waals surface area contributed by atoms with Crippen LogP contribution in [0.1, 0.15) is 5.56 Å². The van der Waals surface area contributed by atoms with Gasteiger partial charge in [-0.2, -0.15) is 0 Å². The number of terminal acetylenes is 1. The molecule has 3 nitrogen and oxygen atoms in total. The molecule has 2 aromatic rings. The zero-order valence-electron chi connectivity index (χ0n) is 11.7. The molecular weight excluding hydrogens is 330 g/mol. The number of halogens is 1. The van der Waals surface area contributed by atoms with E-state index in [-0.39, 0.29) is 6.61 Å². The summed E-state index contributed by atoms with van der Waals surface area (Å²) in [4.78, 5) is 0. The van der Waals surface area contributed by atoms with Crippen LogP contribution < -0.4 is 14.8 Å². The van der Waals surface area contributed by atoms with Crippen LogP contribution in [0.4, 0.5) is 5.69 Å². The van der Waals surface area contributed by atoms with Crippen molar-refractivity contribution in [1.29, 1.82) is 0 Å². The Morgan fingerprint density at radius 2 is 2.00 bits per heavy atom. The average molecular weight is 346 g/mol. The molecule has 2 rings (SSSR count). The van der Waals surface area contributed by atoms with Crippen molar-refractivity contribution in [2.75, 3.05) is 19.0 Å². The summed E-state index contributed by atoms with van der Waals surface area (Å²) in [5.74, 6) is 4.06. The molecule has 0 saturated heterocycles. The lowest BCUT2D eigenvalue weighted by atomic mass is 10.2. The maximum absolute atomic E-state index is 5.56. The third-order valence-electron chi connectivity index (χ3n) is 2.91. The van der Waals surface area contributed by atoms with Gasteiger partial charge in [-0.3, -0.25) is 0 Å². The number of hydrogen-bond acceptors (Lipinski definition) is 3. The van der Waals surface area contributed by atoms with Crippen LogP contribution in [0.25, 0.3) is 0 Å². The summed E-state index contributed by atoms with van der Waals surface area (Å²) < 4.78 is 11.9. The standard InChI is InChI=1S/C17H16BrNO2/c1-3-10-21-16-9-8-14(18)11-13(16)12-19-15-6-4-5-7-17(15)20-2/h1,4-9,11,19H,10,12H2,2H3. The molecule has 0 aliphatic rings. The second-order valence-corrected chi connectivity index (χ2v) is 5.21. The van der Waals surface area contributed by atoms with E-state index < -0.39 is 0 Å². The van der Waals surface area contributed by atoms with Gasteiger partial charge in [-0.1, -0.05) is 34.0 Å². The van der Waals surface area contributed by atoms with Crippen molar-refractivity contribution in [3.8, 4) is 23.8 Å². The first kappa shape index (κ1) is 15.3. The number of para-hydroxylation sites is 2. The van der Waals surface area contributed by atoms with E-state index in [0.29, 0.717) is 6.54 Å². The SMILES string of the molecule is C#CCOc1ccc(Br)cc1CNc1ccccc1OC. The monoisotopic (exact) mass is 345 g/mol. The van der Waals surface area contributed by atoms with Crippen LogP contribution in [0.3, 0.4) is 0 Å². The fourth-order valence-electron chi connectivity index (χ4n) is 1.93. The molecule has 0 aromatic heterocycles. The quantitative estimate of drug-likeness (QED) is 0.800. The third-order valence-corrected chi connectivity index (χ3v) is 3.40. The topological polar surface area (TPSA) is 30.5 Å². The van der Waals surface area contributed by atoms with Gasteiger partial charge in [0.25, 0.3) is 0 Å². The highest BCUT2D eigenvalue weighted by Gasteiger charge is 2.06. The molecule has 0 bridgehead atoms. The zero-order chi connectivity index (χ0) is 15.1. The Bertz CT molecular complexity index is 649. The molecule has 0 radical (unpaired) electrons. The van der Waals surface area contributed by atoms with Crippen molar-refractivity contribution >= 4 is 21.6 Å². The van der Waals surface area contributed by atoms with Crippen LogP contribution in [0.2, 0.25) is 0 Å². The van der Waals surface area contributed by atoms with Gasteiger partial charge in [0.2, 0.25) is 0 Å². The lowest BCUT2D eigenvalue weighted by Gasteiger charge is -2.14. The number of anilines is 1. The maximum Gasteiger partial charge on any atom is 0.148 e. The summed E-state index contributed by atoms with van der Waals surface area (Å²) in [7, 11) is 1.65. The Kier molecular flexibility index (Phi) is 5.53. The smallest absolute Gasteiger partial charge is 0.148 e. The fraction of sp³-hybridized carbons (Fsp3) is 0.176. The summed E-state index contributed by atoms with van der Waals surface area (Å²) in [5.41, 5.74) is 1.95. The van der Waals surface area contributed by atoms with Gasteiger partial charge in [-0.25, -0.2) is 0 Å². The molecule has 0 heterocycles. The Labute approximate surface area is 133 Å². The van der Waals surface area contributed by atoms with Crippen molar-refractivity contribution < 1.29 is 9.47 Å². The van der Waals surface area contributed by atoms with Crippen LogP contribution >= 0.6 is 15.9 Å². The lowest BCUT2D eigenvalue weighted by molar-refractivity contribution is 0.366. The number of benzene rings is 2. The lowest BCUT2D eigenvalue weighted by Crippen LogP contribution is -2.04. The minimum absolute atomic E-state index is 0.253. The molecular formula is C17H16BrNO2. The number of methoxy groups -OCH3 is 1. The molecule has 0 fully saturated rings. The molecule has 0 aliphatic carbocycles. The predicted octanol–water partition coefficient (Wildman–Crippen LogP) is 4.08. The average Bonchev–Trinajstić information content (AvgIpc) is 2.52. The third kappa shape index (κ3) is 4.17. The van der Waals surface area contributed by atoms with Crippen LogP contribution in [0, 0.1) is 12.3 Å². The Hall–Kier alpha value is -2.12. The highest BCUT2D eigenvalue weighted by Crippen LogP contribution is 2.27. The molecule has 2 aromatic carbocycles. The maximum atomic E-state index is 5.56. The van der Waals surface area contributed by atoms with Gasteiger partial charge in [0, 0.05) is 16.6 Å². The van der Waals surface area contributed by atoms with Crippen LogP contribution in [0.15, 0.2) is 46.9 Å². The second-order valence-electron chi connectivity index (χ2n) is 4.30. The van der Waals surface area contributed by atoms with Crippen molar-refractivity contribution in [1.82, 2.24) is 0 Å². The molecule has 0 amide bonds. The van der Waals surface area contributed by atoms with E-state index in [9.17, 15) is 0 Å². The number of ether oxygens (including phenoxy) is 2. The van der Waals surface area contributed by atoms with E-state index in [0.717, 1.165) is 27.2 Å². The highest BCUT2D eigenvalue weighted by atomic mass is 79.9. The first-order chi connectivity index (χ1) is 10.2. The van der Waals surface area contributed by atoms with Crippen molar-refractivity contribution in [2.24, 2.45) is 0 Å². The molecule has 21 heavy (non-hydrogen) atoms. The Morgan fingerprint density at radius 1 is 1.19 bits per heavy atom. The predicted molar refractivity (Wildman–Crippen MR) is 88.8 cm³/mol. The van der Waals surface area contributed by atoms with Gasteiger partial charge in [0.1, 0.15) is 18.1 Å². The number of hydrogen-bond donors (Lipinski definition) is 1. The van der Waals surface area contributed by atoms with E-state index in [4.69, 9.17) is 15.9 Å². The summed E-state index contributed by atoms with van der Waals surface area (Å²) >= 11 is 3.47. The van der Waals surface area contributed by atoms with Gasteiger partial charge in [0.05, 0.1) is 12.8 Å². The minimum Gasteiger partial charge on any atom is -0.495 e. The van der Waals surface area contributed by atoms with E-state index in [1.807, 2.05) is 42.5 Å². The fourth-order valence-corrected chi connectivity index (χ4v) is 2.34. The molecule has 0 spiro atoms. The normalized spacial score (nSPS) is 9.76.